The Morgan fingerprint density at radius 1 is 1.48 bits per heavy atom. The van der Waals surface area contributed by atoms with Gasteiger partial charge in [0, 0.05) is 24.8 Å². The molecule has 1 aromatic rings. The van der Waals surface area contributed by atoms with Crippen LogP contribution < -0.4 is 10.1 Å². The van der Waals surface area contributed by atoms with Gasteiger partial charge in [-0.3, -0.25) is 0 Å². The van der Waals surface area contributed by atoms with Gasteiger partial charge in [-0.15, -0.1) is 0 Å². The number of anilines is 1. The second-order valence-electron chi connectivity index (χ2n) is 4.91. The van der Waals surface area contributed by atoms with Gasteiger partial charge >= 0.3 is 6.03 Å². The van der Waals surface area contributed by atoms with Gasteiger partial charge in [-0.05, 0) is 39.3 Å². The predicted octanol–water partition coefficient (Wildman–Crippen LogP) is 3.41. The van der Waals surface area contributed by atoms with Crippen LogP contribution in [0.1, 0.15) is 26.3 Å². The van der Waals surface area contributed by atoms with Crippen molar-refractivity contribution in [2.75, 3.05) is 25.0 Å². The monoisotopic (exact) mass is 289 g/mol. The normalized spacial score (nSPS) is 11.4. The molecule has 1 N–H and O–H groups in total. The number of hydrogen-bond donors (Lipinski definition) is 1. The summed E-state index contributed by atoms with van der Waals surface area (Å²) in [6.45, 7) is 9.14. The Bertz CT molecular complexity index is 523. The fourth-order valence-electron chi connectivity index (χ4n) is 1.92. The van der Waals surface area contributed by atoms with Gasteiger partial charge in [0.2, 0.25) is 0 Å². The lowest BCUT2D eigenvalue weighted by Crippen LogP contribution is -2.37. The Hall–Kier alpha value is -2.22. The van der Waals surface area contributed by atoms with E-state index in [0.717, 1.165) is 11.3 Å². The summed E-state index contributed by atoms with van der Waals surface area (Å²) >= 11 is 0. The van der Waals surface area contributed by atoms with E-state index in [-0.39, 0.29) is 11.9 Å². The van der Waals surface area contributed by atoms with E-state index in [2.05, 4.69) is 11.4 Å². The summed E-state index contributed by atoms with van der Waals surface area (Å²) < 4.78 is 5.52. The average Bonchev–Trinajstić information content (AvgIpc) is 2.48. The standard InChI is InChI=1S/C16H23N3O2/c1-5-19(11-12(3)10-17)16(20)18-14-8-7-13(4)15(9-14)21-6-2/h7-9,12H,5-6,11H2,1-4H3,(H,18,20)/t12-/m0/s1. The van der Waals surface area contributed by atoms with Crippen molar-refractivity contribution >= 4 is 11.7 Å². The van der Waals surface area contributed by atoms with E-state index in [4.69, 9.17) is 10.00 Å². The summed E-state index contributed by atoms with van der Waals surface area (Å²) in [5.41, 5.74) is 1.72. The number of nitrogens with zero attached hydrogens (tertiary/aromatic N) is 2. The Labute approximate surface area is 126 Å². The Morgan fingerprint density at radius 2 is 2.19 bits per heavy atom. The van der Waals surface area contributed by atoms with Crippen LogP contribution in [-0.4, -0.2) is 30.6 Å². The molecule has 0 saturated carbocycles. The molecule has 0 heterocycles. The molecular weight excluding hydrogens is 266 g/mol. The molecule has 0 radical (unpaired) electrons. The molecule has 114 valence electrons. The summed E-state index contributed by atoms with van der Waals surface area (Å²) in [7, 11) is 0. The highest BCUT2D eigenvalue weighted by Crippen LogP contribution is 2.23. The van der Waals surface area contributed by atoms with Gasteiger partial charge in [-0.2, -0.15) is 5.26 Å². The lowest BCUT2D eigenvalue weighted by atomic mass is 10.2. The van der Waals surface area contributed by atoms with E-state index >= 15 is 0 Å². The number of hydrogen-bond acceptors (Lipinski definition) is 3. The summed E-state index contributed by atoms with van der Waals surface area (Å²) in [5.74, 6) is 0.580. The minimum absolute atomic E-state index is 0.187. The minimum atomic E-state index is -0.203. The van der Waals surface area contributed by atoms with Crippen molar-refractivity contribution in [1.82, 2.24) is 4.90 Å². The zero-order chi connectivity index (χ0) is 15.8. The SMILES string of the molecule is CCOc1cc(NC(=O)N(CC)C[C@@H](C)C#N)ccc1C. The molecule has 0 bridgehead atoms. The first kappa shape index (κ1) is 16.8. The van der Waals surface area contributed by atoms with E-state index in [1.165, 1.54) is 0 Å². The highest BCUT2D eigenvalue weighted by molar-refractivity contribution is 5.89. The van der Waals surface area contributed by atoms with E-state index in [9.17, 15) is 4.79 Å². The third kappa shape index (κ3) is 4.99. The van der Waals surface area contributed by atoms with Gasteiger partial charge in [0.25, 0.3) is 0 Å². The fourth-order valence-corrected chi connectivity index (χ4v) is 1.92. The van der Waals surface area contributed by atoms with Crippen molar-refractivity contribution in [2.24, 2.45) is 5.92 Å². The van der Waals surface area contributed by atoms with Gasteiger partial charge in [0.05, 0.1) is 18.6 Å². The van der Waals surface area contributed by atoms with Crippen molar-refractivity contribution < 1.29 is 9.53 Å². The van der Waals surface area contributed by atoms with Gasteiger partial charge in [-0.25, -0.2) is 4.79 Å². The molecule has 1 aromatic carbocycles. The maximum Gasteiger partial charge on any atom is 0.321 e. The first-order chi connectivity index (χ1) is 10.0. The number of amides is 2. The van der Waals surface area contributed by atoms with Crippen LogP contribution >= 0.6 is 0 Å². The van der Waals surface area contributed by atoms with Crippen molar-refractivity contribution in [1.29, 1.82) is 5.26 Å². The molecule has 0 aliphatic heterocycles. The van der Waals surface area contributed by atoms with Gasteiger partial charge in [0.15, 0.2) is 0 Å². The van der Waals surface area contributed by atoms with Gasteiger partial charge in [-0.1, -0.05) is 6.07 Å². The zero-order valence-corrected chi connectivity index (χ0v) is 13.1. The summed E-state index contributed by atoms with van der Waals surface area (Å²) in [6.07, 6.45) is 0. The molecule has 0 unspecified atom stereocenters. The molecule has 0 fully saturated rings. The van der Waals surface area contributed by atoms with E-state index in [1.807, 2.05) is 39.0 Å². The first-order valence-corrected chi connectivity index (χ1v) is 7.20. The quantitative estimate of drug-likeness (QED) is 0.872. The third-order valence-electron chi connectivity index (χ3n) is 3.12. The van der Waals surface area contributed by atoms with E-state index in [0.29, 0.717) is 25.4 Å². The molecule has 0 aromatic heterocycles. The van der Waals surface area contributed by atoms with Crippen LogP contribution in [0, 0.1) is 24.2 Å². The van der Waals surface area contributed by atoms with Crippen molar-refractivity contribution in [3.8, 4) is 11.8 Å². The topological polar surface area (TPSA) is 65.4 Å². The average molecular weight is 289 g/mol. The van der Waals surface area contributed by atoms with E-state index < -0.39 is 0 Å². The molecule has 5 nitrogen and oxygen atoms in total. The molecular formula is C16H23N3O2. The number of ether oxygens (including phenoxy) is 1. The first-order valence-electron chi connectivity index (χ1n) is 7.20. The number of rotatable bonds is 6. The maximum absolute atomic E-state index is 12.2. The Morgan fingerprint density at radius 3 is 2.76 bits per heavy atom. The number of benzene rings is 1. The van der Waals surface area contributed by atoms with Gasteiger partial charge in [0.1, 0.15) is 5.75 Å². The van der Waals surface area contributed by atoms with Crippen molar-refractivity contribution in [2.45, 2.75) is 27.7 Å². The third-order valence-corrected chi connectivity index (χ3v) is 3.12. The lowest BCUT2D eigenvalue weighted by Gasteiger charge is -2.22. The smallest absolute Gasteiger partial charge is 0.321 e. The number of nitrogens with one attached hydrogen (secondary N) is 1. The van der Waals surface area contributed by atoms with Crippen molar-refractivity contribution in [3.05, 3.63) is 23.8 Å². The number of nitriles is 1. The predicted molar refractivity (Wildman–Crippen MR) is 83.4 cm³/mol. The largest absolute Gasteiger partial charge is 0.494 e. The highest BCUT2D eigenvalue weighted by atomic mass is 16.5. The molecule has 0 aliphatic rings. The van der Waals surface area contributed by atoms with Crippen molar-refractivity contribution in [3.63, 3.8) is 0 Å². The molecule has 0 spiro atoms. The molecule has 1 rings (SSSR count). The Balaban J connectivity index is 2.77. The second kappa shape index (κ2) is 8.15. The minimum Gasteiger partial charge on any atom is -0.494 e. The van der Waals surface area contributed by atoms with Crippen LogP contribution in [0.15, 0.2) is 18.2 Å². The zero-order valence-electron chi connectivity index (χ0n) is 13.1. The van der Waals surface area contributed by atoms with Crippen LogP contribution in [0.2, 0.25) is 0 Å². The summed E-state index contributed by atoms with van der Waals surface area (Å²) in [6, 6.07) is 7.51. The molecule has 21 heavy (non-hydrogen) atoms. The van der Waals surface area contributed by atoms with Gasteiger partial charge < -0.3 is 15.0 Å². The lowest BCUT2D eigenvalue weighted by molar-refractivity contribution is 0.210. The van der Waals surface area contributed by atoms with Crippen LogP contribution in [0.5, 0.6) is 5.75 Å². The molecule has 0 saturated heterocycles. The van der Waals surface area contributed by atoms with Crippen LogP contribution in [0.3, 0.4) is 0 Å². The maximum atomic E-state index is 12.2. The highest BCUT2D eigenvalue weighted by Gasteiger charge is 2.15. The molecule has 2 amide bonds. The summed E-state index contributed by atoms with van der Waals surface area (Å²) in [5, 5.41) is 11.7. The molecule has 1 atom stereocenters. The van der Waals surface area contributed by atoms with E-state index in [1.54, 1.807) is 11.8 Å². The number of aryl methyl sites for hydroxylation is 1. The molecule has 0 aliphatic carbocycles. The summed E-state index contributed by atoms with van der Waals surface area (Å²) in [4.78, 5) is 13.8. The Kier molecular flexibility index (Phi) is 6.54. The second-order valence-corrected chi connectivity index (χ2v) is 4.91. The number of carbonyl (C=O) groups is 1. The molecule has 5 heteroatoms. The number of urea groups is 1. The van der Waals surface area contributed by atoms with Crippen LogP contribution in [0.4, 0.5) is 10.5 Å². The van der Waals surface area contributed by atoms with Crippen LogP contribution in [-0.2, 0) is 0 Å². The fraction of sp³-hybridized carbons (Fsp3) is 0.500. The number of carbonyl (C=O) groups excluding carboxylic acids is 1. The van der Waals surface area contributed by atoms with Crippen LogP contribution in [0.25, 0.3) is 0 Å².